The van der Waals surface area contributed by atoms with Crippen LogP contribution in [0.25, 0.3) is 0 Å². The Morgan fingerprint density at radius 2 is 2.04 bits per heavy atom. The van der Waals surface area contributed by atoms with Crippen LogP contribution in [-0.4, -0.2) is 40.1 Å². The molecule has 2 heterocycles. The highest BCUT2D eigenvalue weighted by Gasteiger charge is 2.29. The van der Waals surface area contributed by atoms with Crippen LogP contribution in [0, 0.1) is 0 Å². The molecule has 1 fully saturated rings. The lowest BCUT2D eigenvalue weighted by molar-refractivity contribution is -0.132. The van der Waals surface area contributed by atoms with Crippen molar-refractivity contribution < 1.29 is 14.3 Å². The number of hydrogen-bond acceptors (Lipinski definition) is 4. The maximum Gasteiger partial charge on any atom is 0.416 e. The Bertz CT molecular complexity index is 652. The minimum absolute atomic E-state index is 0.0263. The zero-order valence-corrected chi connectivity index (χ0v) is 17.5. The summed E-state index contributed by atoms with van der Waals surface area (Å²) in [6, 6.07) is 3.88. The van der Waals surface area contributed by atoms with Gasteiger partial charge in [-0.25, -0.2) is 9.78 Å². The molecule has 27 heavy (non-hydrogen) atoms. The van der Waals surface area contributed by atoms with E-state index < -0.39 is 5.60 Å². The summed E-state index contributed by atoms with van der Waals surface area (Å²) in [5, 5.41) is 0. The first kappa shape index (κ1) is 21.2. The Hall–Kier alpha value is -2.11. The Kier molecular flexibility index (Phi) is 6.84. The van der Waals surface area contributed by atoms with Gasteiger partial charge in [-0.15, -0.1) is 0 Å². The van der Waals surface area contributed by atoms with E-state index in [-0.39, 0.29) is 24.1 Å². The summed E-state index contributed by atoms with van der Waals surface area (Å²) in [6.45, 7) is 12.0. The third kappa shape index (κ3) is 5.44. The second kappa shape index (κ2) is 8.72. The molecule has 0 spiro atoms. The molecule has 1 saturated heterocycles. The van der Waals surface area contributed by atoms with Gasteiger partial charge in [0.05, 0.1) is 6.04 Å². The van der Waals surface area contributed by atoms with Crippen LogP contribution in [0.1, 0.15) is 78.8 Å². The zero-order valence-electron chi connectivity index (χ0n) is 17.5. The molecule has 0 aliphatic carbocycles. The largest absolute Gasteiger partial charge is 0.443 e. The van der Waals surface area contributed by atoms with Gasteiger partial charge in [-0.3, -0.25) is 9.69 Å². The fraction of sp³-hybridized carbons (Fsp3) is 0.667. The first-order valence-corrected chi connectivity index (χ1v) is 9.89. The van der Waals surface area contributed by atoms with Gasteiger partial charge >= 0.3 is 6.09 Å². The fourth-order valence-electron chi connectivity index (χ4n) is 3.39. The van der Waals surface area contributed by atoms with Crippen LogP contribution in [0.4, 0.5) is 10.6 Å². The summed E-state index contributed by atoms with van der Waals surface area (Å²) >= 11 is 0. The molecule has 0 bridgehead atoms. The maximum atomic E-state index is 12.7. The van der Waals surface area contributed by atoms with Crippen LogP contribution in [0.5, 0.6) is 0 Å². The molecule has 0 unspecified atom stereocenters. The second-order valence-corrected chi connectivity index (χ2v) is 8.28. The average Bonchev–Trinajstić information content (AvgIpc) is 2.60. The first-order valence-electron chi connectivity index (χ1n) is 9.89. The van der Waals surface area contributed by atoms with E-state index in [2.05, 4.69) is 4.98 Å². The lowest BCUT2D eigenvalue weighted by atomic mass is 9.96. The molecule has 0 aromatic carbocycles. The molecule has 2 amide bonds. The number of likely N-dealkylation sites (tertiary alicyclic amines) is 1. The molecule has 6 nitrogen and oxygen atoms in total. The van der Waals surface area contributed by atoms with Crippen LogP contribution in [0.3, 0.4) is 0 Å². The Morgan fingerprint density at radius 3 is 2.56 bits per heavy atom. The van der Waals surface area contributed by atoms with Crippen molar-refractivity contribution in [3.05, 3.63) is 23.9 Å². The number of aromatic nitrogens is 1. The molecular formula is C21H33N3O3. The summed E-state index contributed by atoms with van der Waals surface area (Å²) in [5.74, 6) is 0.672. The van der Waals surface area contributed by atoms with Crippen molar-refractivity contribution in [3.8, 4) is 0 Å². The van der Waals surface area contributed by atoms with Crippen molar-refractivity contribution in [2.45, 2.75) is 84.9 Å². The molecule has 1 aromatic rings. The quantitative estimate of drug-likeness (QED) is 0.765. The van der Waals surface area contributed by atoms with Crippen molar-refractivity contribution in [2.75, 3.05) is 11.4 Å². The smallest absolute Gasteiger partial charge is 0.416 e. The standard InChI is InChI=1S/C21H33N3O3/c1-7-15(2)24(20(26)27-21(4,5)6)19-12-11-17(14-22-19)18-10-8-9-13-23(18)16(3)25/h11-12,14-15,18H,7-10,13H2,1-6H3/t15-,18+/m1/s1. The molecule has 0 saturated carbocycles. The summed E-state index contributed by atoms with van der Waals surface area (Å²) in [4.78, 5) is 32.7. The van der Waals surface area contributed by atoms with Crippen molar-refractivity contribution in [1.82, 2.24) is 9.88 Å². The molecule has 0 N–H and O–H groups in total. The fourth-order valence-corrected chi connectivity index (χ4v) is 3.39. The molecule has 2 atom stereocenters. The lowest BCUT2D eigenvalue weighted by Gasteiger charge is -2.35. The number of carbonyl (C=O) groups is 2. The number of piperidine rings is 1. The van der Waals surface area contributed by atoms with Gasteiger partial charge < -0.3 is 9.64 Å². The highest BCUT2D eigenvalue weighted by atomic mass is 16.6. The van der Waals surface area contributed by atoms with Crippen molar-refractivity contribution >= 4 is 17.8 Å². The van der Waals surface area contributed by atoms with Gasteiger partial charge in [-0.05, 0) is 65.0 Å². The van der Waals surface area contributed by atoms with Crippen LogP contribution in [0.2, 0.25) is 0 Å². The van der Waals surface area contributed by atoms with Crippen LogP contribution in [-0.2, 0) is 9.53 Å². The molecule has 1 aromatic heterocycles. The Morgan fingerprint density at radius 1 is 1.33 bits per heavy atom. The van der Waals surface area contributed by atoms with Gasteiger partial charge in [0.2, 0.25) is 5.91 Å². The molecular weight excluding hydrogens is 342 g/mol. The van der Waals surface area contributed by atoms with E-state index in [0.717, 1.165) is 37.8 Å². The molecule has 2 rings (SSSR count). The molecule has 6 heteroatoms. The number of carbonyl (C=O) groups excluding carboxylic acids is 2. The van der Waals surface area contributed by atoms with E-state index in [9.17, 15) is 9.59 Å². The van der Waals surface area contributed by atoms with E-state index in [1.165, 1.54) is 0 Å². The molecule has 1 aliphatic rings. The second-order valence-electron chi connectivity index (χ2n) is 8.28. The third-order valence-electron chi connectivity index (χ3n) is 4.93. The monoisotopic (exact) mass is 375 g/mol. The number of pyridine rings is 1. The van der Waals surface area contributed by atoms with E-state index in [4.69, 9.17) is 4.74 Å². The summed E-state index contributed by atoms with van der Waals surface area (Å²) < 4.78 is 5.57. The van der Waals surface area contributed by atoms with E-state index in [1.807, 2.05) is 51.7 Å². The van der Waals surface area contributed by atoms with E-state index in [1.54, 1.807) is 18.0 Å². The lowest BCUT2D eigenvalue weighted by Crippen LogP contribution is -2.42. The van der Waals surface area contributed by atoms with Crippen molar-refractivity contribution in [1.29, 1.82) is 0 Å². The molecule has 0 radical (unpaired) electrons. The van der Waals surface area contributed by atoms with Gasteiger partial charge in [-0.2, -0.15) is 0 Å². The van der Waals surface area contributed by atoms with Gasteiger partial charge in [0.15, 0.2) is 0 Å². The number of rotatable bonds is 4. The minimum atomic E-state index is -0.563. The third-order valence-corrected chi connectivity index (χ3v) is 4.93. The number of amides is 2. The normalized spacial score (nSPS) is 18.7. The SMILES string of the molecule is CC[C@@H](C)N(C(=O)OC(C)(C)C)c1ccc([C@@H]2CCCCN2C(C)=O)cn1. The molecule has 150 valence electrons. The summed E-state index contributed by atoms with van der Waals surface area (Å²) in [6.07, 6.45) is 5.29. The highest BCUT2D eigenvalue weighted by Crippen LogP contribution is 2.31. The number of hydrogen-bond donors (Lipinski definition) is 0. The Labute approximate surface area is 162 Å². The van der Waals surface area contributed by atoms with Crippen molar-refractivity contribution in [2.24, 2.45) is 0 Å². The maximum absolute atomic E-state index is 12.7. The number of nitrogens with zero attached hydrogens (tertiary/aromatic N) is 3. The van der Waals surface area contributed by atoms with Crippen LogP contribution in [0.15, 0.2) is 18.3 Å². The summed E-state index contributed by atoms with van der Waals surface area (Å²) in [5.41, 5.74) is 0.453. The average molecular weight is 376 g/mol. The van der Waals surface area contributed by atoms with Gasteiger partial charge in [-0.1, -0.05) is 13.0 Å². The number of ether oxygens (including phenoxy) is 1. The van der Waals surface area contributed by atoms with Crippen molar-refractivity contribution in [3.63, 3.8) is 0 Å². The minimum Gasteiger partial charge on any atom is -0.443 e. The predicted octanol–water partition coefficient (Wildman–Crippen LogP) is 4.70. The van der Waals surface area contributed by atoms with Gasteiger partial charge in [0, 0.05) is 25.7 Å². The molecule has 1 aliphatic heterocycles. The number of anilines is 1. The zero-order chi connectivity index (χ0) is 20.2. The van der Waals surface area contributed by atoms with Gasteiger partial charge in [0.1, 0.15) is 11.4 Å². The van der Waals surface area contributed by atoms with E-state index in [0.29, 0.717) is 5.82 Å². The Balaban J connectivity index is 2.26. The van der Waals surface area contributed by atoms with E-state index >= 15 is 0 Å². The topological polar surface area (TPSA) is 62.7 Å². The highest BCUT2D eigenvalue weighted by molar-refractivity contribution is 5.87. The van der Waals surface area contributed by atoms with Crippen LogP contribution >= 0.6 is 0 Å². The first-order chi connectivity index (χ1) is 12.6. The van der Waals surface area contributed by atoms with Gasteiger partial charge in [0.25, 0.3) is 0 Å². The summed E-state index contributed by atoms with van der Waals surface area (Å²) in [7, 11) is 0. The predicted molar refractivity (Wildman–Crippen MR) is 107 cm³/mol. The van der Waals surface area contributed by atoms with Crippen LogP contribution < -0.4 is 4.90 Å².